The molecule has 1 aromatic rings. The van der Waals surface area contributed by atoms with E-state index in [4.69, 9.17) is 14.7 Å². The van der Waals surface area contributed by atoms with E-state index in [9.17, 15) is 9.59 Å². The fourth-order valence-electron chi connectivity index (χ4n) is 3.14. The molecule has 7 nitrogen and oxygen atoms in total. The molecule has 0 saturated carbocycles. The van der Waals surface area contributed by atoms with Crippen molar-refractivity contribution in [3.63, 3.8) is 0 Å². The number of nitrogens with zero attached hydrogens (tertiary/aromatic N) is 1. The van der Waals surface area contributed by atoms with E-state index >= 15 is 0 Å². The van der Waals surface area contributed by atoms with E-state index in [0.29, 0.717) is 30.0 Å². The monoisotopic (exact) mass is 336 g/mol. The van der Waals surface area contributed by atoms with Gasteiger partial charge < -0.3 is 14.4 Å². The SMILES string of the molecule is CCCc1cc(C(=O)N2CCCC2C(=O)NO)cc(OC)c1OC. The molecule has 1 atom stereocenters. The molecule has 1 aromatic carbocycles. The van der Waals surface area contributed by atoms with E-state index in [2.05, 4.69) is 0 Å². The van der Waals surface area contributed by atoms with Gasteiger partial charge in [0.2, 0.25) is 0 Å². The molecule has 24 heavy (non-hydrogen) atoms. The van der Waals surface area contributed by atoms with E-state index in [1.807, 2.05) is 6.92 Å². The first-order valence-corrected chi connectivity index (χ1v) is 8.07. The lowest BCUT2D eigenvalue weighted by Gasteiger charge is -2.24. The third-order valence-electron chi connectivity index (χ3n) is 4.25. The van der Waals surface area contributed by atoms with Gasteiger partial charge in [-0.3, -0.25) is 14.8 Å². The molecular formula is C17H24N2O5. The second kappa shape index (κ2) is 8.01. The molecule has 0 aromatic heterocycles. The van der Waals surface area contributed by atoms with Crippen LogP contribution in [0.1, 0.15) is 42.1 Å². The molecule has 132 valence electrons. The van der Waals surface area contributed by atoms with Gasteiger partial charge in [-0.2, -0.15) is 0 Å². The van der Waals surface area contributed by atoms with Crippen LogP contribution in [-0.2, 0) is 11.2 Å². The van der Waals surface area contributed by atoms with Gasteiger partial charge in [0, 0.05) is 12.1 Å². The van der Waals surface area contributed by atoms with Gasteiger partial charge in [0.15, 0.2) is 11.5 Å². The standard InChI is InChI=1S/C17H24N2O5/c1-4-6-11-9-12(10-14(23-2)15(11)24-3)17(21)19-8-5-7-13(19)16(20)18-22/h9-10,13,22H,4-8H2,1-3H3,(H,18,20). The Kier molecular flexibility index (Phi) is 6.03. The highest BCUT2D eigenvalue weighted by Gasteiger charge is 2.35. The van der Waals surface area contributed by atoms with Crippen molar-refractivity contribution in [3.05, 3.63) is 23.3 Å². The number of aryl methyl sites for hydroxylation is 1. The lowest BCUT2D eigenvalue weighted by Crippen LogP contribution is -2.45. The fourth-order valence-corrected chi connectivity index (χ4v) is 3.14. The molecular weight excluding hydrogens is 312 g/mol. The second-order valence-corrected chi connectivity index (χ2v) is 5.75. The number of ether oxygens (including phenoxy) is 2. The van der Waals surface area contributed by atoms with Crippen LogP contribution in [0, 0.1) is 0 Å². The van der Waals surface area contributed by atoms with E-state index in [-0.39, 0.29) is 5.91 Å². The van der Waals surface area contributed by atoms with Crippen molar-refractivity contribution in [3.8, 4) is 11.5 Å². The molecule has 0 aliphatic carbocycles. The van der Waals surface area contributed by atoms with Crippen LogP contribution in [-0.4, -0.2) is 48.7 Å². The van der Waals surface area contributed by atoms with Crippen molar-refractivity contribution >= 4 is 11.8 Å². The molecule has 1 fully saturated rings. The summed E-state index contributed by atoms with van der Waals surface area (Å²) >= 11 is 0. The van der Waals surface area contributed by atoms with Gasteiger partial charge in [0.25, 0.3) is 11.8 Å². The summed E-state index contributed by atoms with van der Waals surface area (Å²) in [4.78, 5) is 26.1. The molecule has 0 spiro atoms. The lowest BCUT2D eigenvalue weighted by molar-refractivity contribution is -0.133. The van der Waals surface area contributed by atoms with Crippen LogP contribution >= 0.6 is 0 Å². The van der Waals surface area contributed by atoms with Crippen LogP contribution in [0.2, 0.25) is 0 Å². The second-order valence-electron chi connectivity index (χ2n) is 5.75. The Balaban J connectivity index is 2.38. The predicted molar refractivity (Wildman–Crippen MR) is 87.5 cm³/mol. The topological polar surface area (TPSA) is 88.1 Å². The first-order chi connectivity index (χ1) is 11.6. The highest BCUT2D eigenvalue weighted by molar-refractivity contribution is 5.98. The molecule has 1 aliphatic heterocycles. The normalized spacial score (nSPS) is 16.8. The summed E-state index contributed by atoms with van der Waals surface area (Å²) in [5, 5.41) is 8.86. The minimum atomic E-state index is -0.648. The van der Waals surface area contributed by atoms with Crippen molar-refractivity contribution in [1.29, 1.82) is 0 Å². The zero-order valence-electron chi connectivity index (χ0n) is 14.3. The largest absolute Gasteiger partial charge is 0.493 e. The number of methoxy groups -OCH3 is 2. The molecule has 0 bridgehead atoms. The number of benzene rings is 1. The maximum Gasteiger partial charge on any atom is 0.266 e. The first kappa shape index (κ1) is 18.1. The molecule has 2 rings (SSSR count). The van der Waals surface area contributed by atoms with Gasteiger partial charge >= 0.3 is 0 Å². The summed E-state index contributed by atoms with van der Waals surface area (Å²) in [5.41, 5.74) is 2.98. The van der Waals surface area contributed by atoms with E-state index in [0.717, 1.165) is 24.8 Å². The molecule has 2 N–H and O–H groups in total. The minimum absolute atomic E-state index is 0.251. The Hall–Kier alpha value is -2.28. The van der Waals surface area contributed by atoms with Gasteiger partial charge in [0.1, 0.15) is 6.04 Å². The number of hydrogen-bond donors (Lipinski definition) is 2. The summed E-state index contributed by atoms with van der Waals surface area (Å²) in [6, 6.07) is 2.77. The third kappa shape index (κ3) is 3.46. The maximum absolute atomic E-state index is 12.9. The number of amides is 2. The zero-order chi connectivity index (χ0) is 17.7. The Morgan fingerprint density at radius 3 is 2.67 bits per heavy atom. The van der Waals surface area contributed by atoms with Crippen LogP contribution in [0.4, 0.5) is 0 Å². The fraction of sp³-hybridized carbons (Fsp3) is 0.529. The smallest absolute Gasteiger partial charge is 0.266 e. The van der Waals surface area contributed by atoms with E-state index < -0.39 is 11.9 Å². The summed E-state index contributed by atoms with van der Waals surface area (Å²) in [5.74, 6) is 0.311. The van der Waals surface area contributed by atoms with E-state index in [1.54, 1.807) is 24.7 Å². The minimum Gasteiger partial charge on any atom is -0.493 e. The lowest BCUT2D eigenvalue weighted by atomic mass is 10.0. The molecule has 1 unspecified atom stereocenters. The Morgan fingerprint density at radius 2 is 2.08 bits per heavy atom. The number of nitrogens with one attached hydrogen (secondary N) is 1. The van der Waals surface area contributed by atoms with Crippen molar-refractivity contribution in [2.45, 2.75) is 38.6 Å². The Bertz CT molecular complexity index is 617. The van der Waals surface area contributed by atoms with Crippen molar-refractivity contribution < 1.29 is 24.3 Å². The van der Waals surface area contributed by atoms with Crippen LogP contribution in [0.3, 0.4) is 0 Å². The van der Waals surface area contributed by atoms with Crippen LogP contribution in [0.5, 0.6) is 11.5 Å². The molecule has 7 heteroatoms. The van der Waals surface area contributed by atoms with Crippen molar-refractivity contribution in [2.24, 2.45) is 0 Å². The summed E-state index contributed by atoms with van der Waals surface area (Å²) < 4.78 is 10.8. The summed E-state index contributed by atoms with van der Waals surface area (Å²) in [6.07, 6.45) is 2.91. The molecule has 1 saturated heterocycles. The van der Waals surface area contributed by atoms with Crippen molar-refractivity contribution in [2.75, 3.05) is 20.8 Å². The summed E-state index contributed by atoms with van der Waals surface area (Å²) in [7, 11) is 3.10. The van der Waals surface area contributed by atoms with Gasteiger partial charge in [-0.15, -0.1) is 0 Å². The molecule has 0 radical (unpaired) electrons. The third-order valence-corrected chi connectivity index (χ3v) is 4.25. The maximum atomic E-state index is 12.9. The van der Waals surface area contributed by atoms with Crippen LogP contribution in [0.25, 0.3) is 0 Å². The zero-order valence-corrected chi connectivity index (χ0v) is 14.3. The number of carbonyl (C=O) groups is 2. The van der Waals surface area contributed by atoms with Crippen molar-refractivity contribution in [1.82, 2.24) is 10.4 Å². The first-order valence-electron chi connectivity index (χ1n) is 8.07. The van der Waals surface area contributed by atoms with Gasteiger partial charge in [-0.25, -0.2) is 5.48 Å². The van der Waals surface area contributed by atoms with Gasteiger partial charge in [-0.05, 0) is 37.0 Å². The van der Waals surface area contributed by atoms with Crippen LogP contribution in [0.15, 0.2) is 12.1 Å². The number of rotatable bonds is 6. The average molecular weight is 336 g/mol. The Labute approximate surface area is 141 Å². The Morgan fingerprint density at radius 1 is 1.33 bits per heavy atom. The highest BCUT2D eigenvalue weighted by Crippen LogP contribution is 2.34. The number of hydrogen-bond acceptors (Lipinski definition) is 5. The molecule has 1 heterocycles. The average Bonchev–Trinajstić information content (AvgIpc) is 3.09. The summed E-state index contributed by atoms with van der Waals surface area (Å²) in [6.45, 7) is 2.52. The van der Waals surface area contributed by atoms with Crippen LogP contribution < -0.4 is 15.0 Å². The van der Waals surface area contributed by atoms with E-state index in [1.165, 1.54) is 12.0 Å². The van der Waals surface area contributed by atoms with Gasteiger partial charge in [-0.1, -0.05) is 13.3 Å². The molecule has 1 aliphatic rings. The number of carbonyl (C=O) groups excluding carboxylic acids is 2. The highest BCUT2D eigenvalue weighted by atomic mass is 16.5. The molecule has 2 amide bonds. The predicted octanol–water partition coefficient (Wildman–Crippen LogP) is 1.77. The van der Waals surface area contributed by atoms with Gasteiger partial charge in [0.05, 0.1) is 14.2 Å². The number of likely N-dealkylation sites (tertiary alicyclic amines) is 1. The number of hydroxylamine groups is 1. The quantitative estimate of drug-likeness (QED) is 0.610.